The van der Waals surface area contributed by atoms with Crippen LogP contribution in [-0.2, 0) is 6.18 Å². The molecule has 0 radical (unpaired) electrons. The van der Waals surface area contributed by atoms with Gasteiger partial charge in [0.2, 0.25) is 0 Å². The van der Waals surface area contributed by atoms with Crippen molar-refractivity contribution in [1.29, 1.82) is 0 Å². The second kappa shape index (κ2) is 5.40. The van der Waals surface area contributed by atoms with E-state index in [2.05, 4.69) is 15.9 Å². The first-order valence-electron chi connectivity index (χ1n) is 5.77. The predicted octanol–water partition coefficient (Wildman–Crippen LogP) is 5.01. The van der Waals surface area contributed by atoms with E-state index in [0.717, 1.165) is 22.2 Å². The van der Waals surface area contributed by atoms with Crippen LogP contribution in [-0.4, -0.2) is 5.78 Å². The van der Waals surface area contributed by atoms with Gasteiger partial charge in [0.05, 0.1) is 5.56 Å². The molecule has 0 atom stereocenters. The van der Waals surface area contributed by atoms with Gasteiger partial charge in [0, 0.05) is 15.6 Å². The fourth-order valence-corrected chi connectivity index (χ4v) is 2.09. The fourth-order valence-electron chi connectivity index (χ4n) is 1.71. The molecule has 20 heavy (non-hydrogen) atoms. The maximum Gasteiger partial charge on any atom is 0.416 e. The lowest BCUT2D eigenvalue weighted by Crippen LogP contribution is -2.06. The smallest absolute Gasteiger partial charge is 0.289 e. The number of hydrogen-bond donors (Lipinski definition) is 0. The normalized spacial score (nSPS) is 11.4. The summed E-state index contributed by atoms with van der Waals surface area (Å²) in [6.45, 7) is 1.89. The number of halogens is 4. The summed E-state index contributed by atoms with van der Waals surface area (Å²) in [5.74, 6) is -0.306. The predicted molar refractivity (Wildman–Crippen MR) is 73.8 cm³/mol. The van der Waals surface area contributed by atoms with E-state index in [1.165, 1.54) is 12.1 Å². The molecule has 104 valence electrons. The molecule has 5 heteroatoms. The van der Waals surface area contributed by atoms with E-state index in [9.17, 15) is 18.0 Å². The minimum absolute atomic E-state index is 0.230. The minimum atomic E-state index is -4.39. The van der Waals surface area contributed by atoms with E-state index in [-0.39, 0.29) is 11.3 Å². The Morgan fingerprint density at radius 1 is 1.00 bits per heavy atom. The fraction of sp³-hybridized carbons (Fsp3) is 0.133. The number of carbonyl (C=O) groups excluding carboxylic acids is 1. The summed E-state index contributed by atoms with van der Waals surface area (Å²) in [6.07, 6.45) is -4.39. The van der Waals surface area contributed by atoms with Crippen LogP contribution in [0.3, 0.4) is 0 Å². The Balaban J connectivity index is 2.31. The monoisotopic (exact) mass is 342 g/mol. The summed E-state index contributed by atoms with van der Waals surface area (Å²) < 4.78 is 38.1. The number of ketones is 1. The van der Waals surface area contributed by atoms with Crippen molar-refractivity contribution in [2.75, 3.05) is 0 Å². The zero-order chi connectivity index (χ0) is 14.9. The summed E-state index contributed by atoms with van der Waals surface area (Å²) in [4.78, 5) is 12.2. The molecule has 0 heterocycles. The molecule has 0 bridgehead atoms. The van der Waals surface area contributed by atoms with Gasteiger partial charge in [-0.2, -0.15) is 13.2 Å². The minimum Gasteiger partial charge on any atom is -0.289 e. The molecular formula is C15H10BrF3O. The number of alkyl halides is 3. The largest absolute Gasteiger partial charge is 0.416 e. The number of rotatable bonds is 2. The molecule has 2 aromatic rings. The lowest BCUT2D eigenvalue weighted by atomic mass is 10.0. The second-order valence-corrected chi connectivity index (χ2v) is 5.22. The molecule has 1 nitrogen and oxygen atoms in total. The summed E-state index contributed by atoms with van der Waals surface area (Å²) in [7, 11) is 0. The molecule has 0 saturated heterocycles. The summed E-state index contributed by atoms with van der Waals surface area (Å²) in [5.41, 5.74) is 0.879. The summed E-state index contributed by atoms with van der Waals surface area (Å²) in [6, 6.07) is 9.31. The first-order valence-corrected chi connectivity index (χ1v) is 6.56. The van der Waals surface area contributed by atoms with Crippen LogP contribution in [0, 0.1) is 6.92 Å². The van der Waals surface area contributed by atoms with Crippen molar-refractivity contribution in [3.8, 4) is 0 Å². The Bertz CT molecular complexity index is 645. The van der Waals surface area contributed by atoms with Gasteiger partial charge in [-0.25, -0.2) is 0 Å². The van der Waals surface area contributed by atoms with Gasteiger partial charge in [0.15, 0.2) is 5.78 Å². The third-order valence-electron chi connectivity index (χ3n) is 2.91. The van der Waals surface area contributed by atoms with Gasteiger partial charge in [-0.05, 0) is 30.7 Å². The van der Waals surface area contributed by atoms with E-state index in [1.807, 2.05) is 6.92 Å². The van der Waals surface area contributed by atoms with E-state index in [4.69, 9.17) is 0 Å². The van der Waals surface area contributed by atoms with Gasteiger partial charge >= 0.3 is 6.18 Å². The molecule has 0 saturated carbocycles. The van der Waals surface area contributed by atoms with Crippen LogP contribution >= 0.6 is 15.9 Å². The van der Waals surface area contributed by atoms with Crippen molar-refractivity contribution in [3.63, 3.8) is 0 Å². The van der Waals surface area contributed by atoms with E-state index in [1.54, 1.807) is 18.2 Å². The highest BCUT2D eigenvalue weighted by Gasteiger charge is 2.30. The topological polar surface area (TPSA) is 17.1 Å². The van der Waals surface area contributed by atoms with Crippen LogP contribution in [0.1, 0.15) is 27.0 Å². The molecule has 0 aliphatic carbocycles. The van der Waals surface area contributed by atoms with Crippen molar-refractivity contribution >= 4 is 21.7 Å². The lowest BCUT2D eigenvalue weighted by molar-refractivity contribution is -0.137. The van der Waals surface area contributed by atoms with E-state index in [0.29, 0.717) is 5.56 Å². The average Bonchev–Trinajstić information content (AvgIpc) is 2.40. The molecule has 2 rings (SSSR count). The van der Waals surface area contributed by atoms with Gasteiger partial charge in [0.25, 0.3) is 0 Å². The van der Waals surface area contributed by atoms with Gasteiger partial charge in [-0.3, -0.25) is 4.79 Å². The highest BCUT2D eigenvalue weighted by Crippen LogP contribution is 2.29. The second-order valence-electron chi connectivity index (χ2n) is 4.37. The van der Waals surface area contributed by atoms with Crippen LogP contribution in [0.15, 0.2) is 46.9 Å². The van der Waals surface area contributed by atoms with Crippen molar-refractivity contribution in [2.24, 2.45) is 0 Å². The van der Waals surface area contributed by atoms with Crippen LogP contribution in [0.2, 0.25) is 0 Å². The number of aryl methyl sites for hydroxylation is 1. The Kier molecular flexibility index (Phi) is 3.99. The zero-order valence-corrected chi connectivity index (χ0v) is 12.0. The Hall–Kier alpha value is -1.62. The van der Waals surface area contributed by atoms with Crippen molar-refractivity contribution in [1.82, 2.24) is 0 Å². The third-order valence-corrected chi connectivity index (χ3v) is 3.76. The highest BCUT2D eigenvalue weighted by atomic mass is 79.9. The van der Waals surface area contributed by atoms with Crippen LogP contribution in [0.5, 0.6) is 0 Å². The van der Waals surface area contributed by atoms with E-state index >= 15 is 0 Å². The molecule has 0 fully saturated rings. The Morgan fingerprint density at radius 2 is 1.55 bits per heavy atom. The Morgan fingerprint density at radius 3 is 2.05 bits per heavy atom. The van der Waals surface area contributed by atoms with Gasteiger partial charge in [-0.15, -0.1) is 0 Å². The maximum absolute atomic E-state index is 12.4. The molecule has 0 spiro atoms. The SMILES string of the molecule is Cc1ccc(C(=O)c2ccc(C(F)(F)F)cc2)cc1Br. The lowest BCUT2D eigenvalue weighted by Gasteiger charge is -2.08. The molecule has 0 aliphatic rings. The van der Waals surface area contributed by atoms with Crippen molar-refractivity contribution < 1.29 is 18.0 Å². The van der Waals surface area contributed by atoms with Crippen LogP contribution in [0.25, 0.3) is 0 Å². The van der Waals surface area contributed by atoms with Crippen LogP contribution < -0.4 is 0 Å². The summed E-state index contributed by atoms with van der Waals surface area (Å²) >= 11 is 3.32. The molecule has 0 aliphatic heterocycles. The number of benzene rings is 2. The van der Waals surface area contributed by atoms with Crippen molar-refractivity contribution in [3.05, 3.63) is 69.2 Å². The standard InChI is InChI=1S/C15H10BrF3O/c1-9-2-3-11(8-13(9)16)14(20)10-4-6-12(7-5-10)15(17,18)19/h2-8H,1H3. The van der Waals surface area contributed by atoms with Crippen molar-refractivity contribution in [2.45, 2.75) is 13.1 Å². The molecule has 0 aromatic heterocycles. The highest BCUT2D eigenvalue weighted by molar-refractivity contribution is 9.10. The third kappa shape index (κ3) is 3.10. The van der Waals surface area contributed by atoms with E-state index < -0.39 is 11.7 Å². The average molecular weight is 343 g/mol. The summed E-state index contributed by atoms with van der Waals surface area (Å²) in [5, 5.41) is 0. The first-order chi connectivity index (χ1) is 9.29. The number of hydrogen-bond acceptors (Lipinski definition) is 1. The maximum atomic E-state index is 12.4. The molecular weight excluding hydrogens is 333 g/mol. The molecule has 2 aromatic carbocycles. The number of carbonyl (C=O) groups is 1. The quantitative estimate of drug-likeness (QED) is 0.701. The first kappa shape index (κ1) is 14.8. The van der Waals surface area contributed by atoms with Crippen LogP contribution in [0.4, 0.5) is 13.2 Å². The molecule has 0 N–H and O–H groups in total. The Labute approximate surface area is 122 Å². The van der Waals surface area contributed by atoms with Gasteiger partial charge in [-0.1, -0.05) is 40.2 Å². The zero-order valence-electron chi connectivity index (χ0n) is 10.5. The molecule has 0 unspecified atom stereocenters. The molecule has 0 amide bonds. The van der Waals surface area contributed by atoms with Gasteiger partial charge in [0.1, 0.15) is 0 Å². The van der Waals surface area contributed by atoms with Gasteiger partial charge < -0.3 is 0 Å².